The van der Waals surface area contributed by atoms with Gasteiger partial charge in [0.05, 0.1) is 28.3 Å². The Kier molecular flexibility index (Phi) is 4.47. The SMILES string of the molecule is C[C@H]1Nc2nc3ccccc3n2C(c2cccc3ccccc23)=C1C(=O)Nc1ccccc1. The zero-order valence-corrected chi connectivity index (χ0v) is 18.1. The Hall–Kier alpha value is -4.38. The normalized spacial score (nSPS) is 15.4. The molecule has 1 atom stereocenters. The van der Waals surface area contributed by atoms with Gasteiger partial charge in [-0.1, -0.05) is 72.8 Å². The van der Waals surface area contributed by atoms with Gasteiger partial charge in [-0.15, -0.1) is 0 Å². The van der Waals surface area contributed by atoms with Crippen molar-refractivity contribution >= 4 is 45.0 Å². The van der Waals surface area contributed by atoms with Crippen LogP contribution in [0.5, 0.6) is 0 Å². The summed E-state index contributed by atoms with van der Waals surface area (Å²) in [5, 5.41) is 8.76. The van der Waals surface area contributed by atoms with Gasteiger partial charge in [-0.2, -0.15) is 0 Å². The van der Waals surface area contributed by atoms with Crippen molar-refractivity contribution in [2.24, 2.45) is 0 Å². The zero-order valence-electron chi connectivity index (χ0n) is 18.1. The molecule has 4 aromatic carbocycles. The molecule has 160 valence electrons. The number of benzene rings is 4. The van der Waals surface area contributed by atoms with Crippen LogP contribution in [0.3, 0.4) is 0 Å². The second-order valence-corrected chi connectivity index (χ2v) is 8.23. The van der Waals surface area contributed by atoms with Crippen LogP contribution in [0.1, 0.15) is 12.5 Å². The number of hydrogen-bond donors (Lipinski definition) is 2. The van der Waals surface area contributed by atoms with Gasteiger partial charge in [0.2, 0.25) is 5.95 Å². The van der Waals surface area contributed by atoms with Crippen LogP contribution >= 0.6 is 0 Å². The molecule has 2 N–H and O–H groups in total. The number of aromatic nitrogens is 2. The van der Waals surface area contributed by atoms with Gasteiger partial charge in [0.1, 0.15) is 0 Å². The van der Waals surface area contributed by atoms with E-state index in [1.54, 1.807) is 0 Å². The number of anilines is 2. The Bertz CT molecular complexity index is 1540. The Labute approximate surface area is 191 Å². The molecule has 0 aliphatic carbocycles. The summed E-state index contributed by atoms with van der Waals surface area (Å²) in [6, 6.07) is 31.9. The van der Waals surface area contributed by atoms with Crippen LogP contribution < -0.4 is 10.6 Å². The number of amides is 1. The Balaban J connectivity index is 1.66. The molecule has 0 fully saturated rings. The zero-order chi connectivity index (χ0) is 22.4. The van der Waals surface area contributed by atoms with Crippen molar-refractivity contribution in [2.75, 3.05) is 10.6 Å². The lowest BCUT2D eigenvalue weighted by molar-refractivity contribution is -0.113. The summed E-state index contributed by atoms with van der Waals surface area (Å²) in [6.07, 6.45) is 0. The van der Waals surface area contributed by atoms with Crippen LogP contribution in [0, 0.1) is 0 Å². The number of hydrogen-bond acceptors (Lipinski definition) is 3. The smallest absolute Gasteiger partial charge is 0.255 e. The van der Waals surface area contributed by atoms with E-state index in [4.69, 9.17) is 4.98 Å². The van der Waals surface area contributed by atoms with E-state index in [0.29, 0.717) is 5.57 Å². The van der Waals surface area contributed by atoms with Gasteiger partial charge >= 0.3 is 0 Å². The molecule has 1 amide bonds. The first kappa shape index (κ1) is 19.3. The average Bonchev–Trinajstić information content (AvgIpc) is 3.21. The molecule has 0 unspecified atom stereocenters. The second kappa shape index (κ2) is 7.64. The molecule has 0 saturated carbocycles. The van der Waals surface area contributed by atoms with E-state index in [1.165, 1.54) is 0 Å². The summed E-state index contributed by atoms with van der Waals surface area (Å²) in [7, 11) is 0. The quantitative estimate of drug-likeness (QED) is 0.375. The number of rotatable bonds is 3. The van der Waals surface area contributed by atoms with Crippen LogP contribution in [-0.2, 0) is 4.79 Å². The highest BCUT2D eigenvalue weighted by Gasteiger charge is 2.32. The van der Waals surface area contributed by atoms with Gasteiger partial charge in [-0.3, -0.25) is 9.36 Å². The maximum absolute atomic E-state index is 13.7. The molecular weight excluding hydrogens is 408 g/mol. The molecule has 0 spiro atoms. The number of nitrogens with zero attached hydrogens (tertiary/aromatic N) is 2. The highest BCUT2D eigenvalue weighted by atomic mass is 16.1. The lowest BCUT2D eigenvalue weighted by Crippen LogP contribution is -2.34. The van der Waals surface area contributed by atoms with E-state index in [-0.39, 0.29) is 11.9 Å². The number of fused-ring (bicyclic) bond motifs is 4. The van der Waals surface area contributed by atoms with Crippen molar-refractivity contribution in [3.63, 3.8) is 0 Å². The summed E-state index contributed by atoms with van der Waals surface area (Å²) in [4.78, 5) is 18.5. The van der Waals surface area contributed by atoms with Gasteiger partial charge in [0, 0.05) is 11.3 Å². The van der Waals surface area contributed by atoms with Gasteiger partial charge in [-0.25, -0.2) is 4.98 Å². The maximum atomic E-state index is 13.7. The third-order valence-corrected chi connectivity index (χ3v) is 6.14. The highest BCUT2D eigenvalue weighted by Crippen LogP contribution is 2.38. The van der Waals surface area contributed by atoms with E-state index in [1.807, 2.05) is 79.7 Å². The molecule has 0 radical (unpaired) electrons. The molecule has 0 bridgehead atoms. The van der Waals surface area contributed by atoms with Crippen LogP contribution in [-0.4, -0.2) is 21.5 Å². The van der Waals surface area contributed by atoms with Crippen molar-refractivity contribution in [2.45, 2.75) is 13.0 Å². The van der Waals surface area contributed by atoms with Crippen molar-refractivity contribution < 1.29 is 4.79 Å². The predicted molar refractivity (Wildman–Crippen MR) is 134 cm³/mol. The summed E-state index contributed by atoms with van der Waals surface area (Å²) < 4.78 is 2.08. The van der Waals surface area contributed by atoms with E-state index in [0.717, 1.165) is 44.7 Å². The predicted octanol–water partition coefficient (Wildman–Crippen LogP) is 5.90. The molecule has 1 aliphatic heterocycles. The van der Waals surface area contributed by atoms with Gasteiger partial charge < -0.3 is 10.6 Å². The monoisotopic (exact) mass is 430 g/mol. The summed E-state index contributed by atoms with van der Waals surface area (Å²) in [6.45, 7) is 2.01. The standard InChI is InChI=1S/C28H22N4O/c1-18-25(27(33)30-20-12-3-2-4-13-20)26(22-15-9-11-19-10-5-6-14-21(19)22)32-24-17-8-7-16-23(24)31-28(32)29-18/h2-18H,1H3,(H,29,31)(H,30,33)/t18-/m1/s1. The molecule has 6 rings (SSSR count). The van der Waals surface area contributed by atoms with Crippen LogP contribution in [0.2, 0.25) is 0 Å². The van der Waals surface area contributed by atoms with Gasteiger partial charge in [0.25, 0.3) is 5.91 Å². The van der Waals surface area contributed by atoms with Crippen molar-refractivity contribution in [3.05, 3.63) is 108 Å². The molecule has 5 heteroatoms. The molecular formula is C28H22N4O. The number of imidazole rings is 1. The van der Waals surface area contributed by atoms with Crippen molar-refractivity contribution in [1.82, 2.24) is 9.55 Å². The van der Waals surface area contributed by atoms with Gasteiger partial charge in [-0.05, 0) is 42.0 Å². The van der Waals surface area contributed by atoms with Crippen molar-refractivity contribution in [3.8, 4) is 0 Å². The average molecular weight is 431 g/mol. The Morgan fingerprint density at radius 3 is 2.48 bits per heavy atom. The lowest BCUT2D eigenvalue weighted by atomic mass is 9.94. The van der Waals surface area contributed by atoms with E-state index < -0.39 is 0 Å². The second-order valence-electron chi connectivity index (χ2n) is 8.23. The minimum absolute atomic E-state index is 0.132. The fourth-order valence-corrected chi connectivity index (χ4v) is 4.66. The minimum atomic E-state index is -0.230. The summed E-state index contributed by atoms with van der Waals surface area (Å²) in [5.74, 6) is 0.607. The first-order valence-corrected chi connectivity index (χ1v) is 11.0. The van der Waals surface area contributed by atoms with Crippen molar-refractivity contribution in [1.29, 1.82) is 0 Å². The number of carbonyl (C=O) groups is 1. The fourth-order valence-electron chi connectivity index (χ4n) is 4.66. The van der Waals surface area contributed by atoms with E-state index in [2.05, 4.69) is 39.5 Å². The fraction of sp³-hybridized carbons (Fsp3) is 0.0714. The van der Waals surface area contributed by atoms with Gasteiger partial charge in [0.15, 0.2) is 0 Å². The first-order valence-electron chi connectivity index (χ1n) is 11.0. The van der Waals surface area contributed by atoms with E-state index >= 15 is 0 Å². The highest BCUT2D eigenvalue weighted by molar-refractivity contribution is 6.13. The molecule has 1 aromatic heterocycles. The molecule has 1 aliphatic rings. The number of carbonyl (C=O) groups excluding carboxylic acids is 1. The van der Waals surface area contributed by atoms with E-state index in [9.17, 15) is 4.79 Å². The first-order chi connectivity index (χ1) is 16.2. The largest absolute Gasteiger partial charge is 0.349 e. The summed E-state index contributed by atoms with van der Waals surface area (Å²) in [5.41, 5.74) is 5.14. The minimum Gasteiger partial charge on any atom is -0.349 e. The Morgan fingerprint density at radius 1 is 0.879 bits per heavy atom. The molecule has 2 heterocycles. The maximum Gasteiger partial charge on any atom is 0.255 e. The molecule has 5 aromatic rings. The third-order valence-electron chi connectivity index (χ3n) is 6.14. The molecule has 0 saturated heterocycles. The van der Waals surface area contributed by atoms with Crippen LogP contribution in [0.15, 0.2) is 103 Å². The number of para-hydroxylation sites is 3. The van der Waals surface area contributed by atoms with Crippen LogP contribution in [0.25, 0.3) is 27.5 Å². The lowest BCUT2D eigenvalue weighted by Gasteiger charge is -2.29. The summed E-state index contributed by atoms with van der Waals surface area (Å²) >= 11 is 0. The molecule has 33 heavy (non-hydrogen) atoms. The Morgan fingerprint density at radius 2 is 1.61 bits per heavy atom. The van der Waals surface area contributed by atoms with Crippen LogP contribution in [0.4, 0.5) is 11.6 Å². The third kappa shape index (κ3) is 3.17. The number of nitrogens with one attached hydrogen (secondary N) is 2. The molecule has 5 nitrogen and oxygen atoms in total. The topological polar surface area (TPSA) is 59.0 Å².